The third-order valence-electron chi connectivity index (χ3n) is 3.62. The van der Waals surface area contributed by atoms with Gasteiger partial charge in [0.1, 0.15) is 4.95 Å². The van der Waals surface area contributed by atoms with E-state index in [2.05, 4.69) is 36.9 Å². The van der Waals surface area contributed by atoms with E-state index in [0.717, 1.165) is 10.2 Å². The van der Waals surface area contributed by atoms with E-state index in [0.29, 0.717) is 5.57 Å². The Labute approximate surface area is 158 Å². The van der Waals surface area contributed by atoms with Gasteiger partial charge in [0.25, 0.3) is 0 Å². The third-order valence-corrected chi connectivity index (χ3v) is 6.17. The topological polar surface area (TPSA) is 68.2 Å². The van der Waals surface area contributed by atoms with Crippen molar-refractivity contribution in [3.8, 4) is 0 Å². The number of hydrogen-bond donors (Lipinski definition) is 0. The maximum absolute atomic E-state index is 12.4. The van der Waals surface area contributed by atoms with Gasteiger partial charge in [-0.2, -0.15) is 0 Å². The minimum atomic E-state index is -0.907. The first-order valence-corrected chi connectivity index (χ1v) is 9.23. The summed E-state index contributed by atoms with van der Waals surface area (Å²) in [5.74, 6) is -1.01. The van der Waals surface area contributed by atoms with Crippen molar-refractivity contribution in [2.24, 2.45) is 10.4 Å². The lowest BCUT2D eigenvalue weighted by atomic mass is 9.96. The van der Waals surface area contributed by atoms with E-state index >= 15 is 0 Å². The maximum Gasteiger partial charge on any atom is 0.356 e. The van der Waals surface area contributed by atoms with Crippen LogP contribution in [0, 0.1) is 5.41 Å². The standard InChI is InChI=1S/C16H20Br2N2O4/c1-6-23-14(21)11-12(24-15(22)16(2,3)4)9-8(7-19-11)20(5)13(18)10(9)17/h7,12-13H,6H2,1-5H3. The highest BCUT2D eigenvalue weighted by Gasteiger charge is 2.44. The van der Waals surface area contributed by atoms with E-state index in [1.54, 1.807) is 33.9 Å². The summed E-state index contributed by atoms with van der Waals surface area (Å²) in [4.78, 5) is 30.7. The molecule has 0 N–H and O–H groups in total. The molecule has 6 nitrogen and oxygen atoms in total. The first-order valence-electron chi connectivity index (χ1n) is 7.52. The number of halogens is 2. The molecule has 0 radical (unpaired) electrons. The van der Waals surface area contributed by atoms with Crippen LogP contribution in [0.25, 0.3) is 0 Å². The van der Waals surface area contributed by atoms with Crippen molar-refractivity contribution in [1.82, 2.24) is 4.90 Å². The second kappa shape index (κ2) is 7.00. The van der Waals surface area contributed by atoms with E-state index < -0.39 is 23.5 Å². The Kier molecular flexibility index (Phi) is 5.59. The van der Waals surface area contributed by atoms with Crippen LogP contribution in [0.15, 0.2) is 26.9 Å². The second-order valence-electron chi connectivity index (χ2n) is 6.49. The second-order valence-corrected chi connectivity index (χ2v) is 8.21. The van der Waals surface area contributed by atoms with E-state index in [-0.39, 0.29) is 17.3 Å². The molecule has 0 fully saturated rings. The van der Waals surface area contributed by atoms with Gasteiger partial charge in [-0.05, 0) is 27.7 Å². The predicted molar refractivity (Wildman–Crippen MR) is 97.9 cm³/mol. The molecule has 0 amide bonds. The molecule has 2 atom stereocenters. The van der Waals surface area contributed by atoms with Gasteiger partial charge in [0.15, 0.2) is 11.8 Å². The van der Waals surface area contributed by atoms with Crippen molar-refractivity contribution in [3.05, 3.63) is 22.0 Å². The van der Waals surface area contributed by atoms with Crippen LogP contribution in [-0.2, 0) is 19.1 Å². The fourth-order valence-electron chi connectivity index (χ4n) is 2.25. The van der Waals surface area contributed by atoms with E-state index in [9.17, 15) is 9.59 Å². The molecule has 0 saturated heterocycles. The normalized spacial score (nSPS) is 23.5. The van der Waals surface area contributed by atoms with Crippen LogP contribution in [0.2, 0.25) is 0 Å². The molecule has 0 spiro atoms. The molecule has 2 rings (SSSR count). The van der Waals surface area contributed by atoms with Crippen LogP contribution < -0.4 is 0 Å². The molecule has 0 saturated carbocycles. The number of esters is 2. The third kappa shape index (κ3) is 3.44. The Morgan fingerprint density at radius 2 is 2.00 bits per heavy atom. The lowest BCUT2D eigenvalue weighted by Gasteiger charge is -2.28. The zero-order valence-corrected chi connectivity index (χ0v) is 17.4. The highest BCUT2D eigenvalue weighted by molar-refractivity contribution is 9.14. The maximum atomic E-state index is 12.4. The molecule has 132 valence electrons. The zero-order chi connectivity index (χ0) is 18.2. The number of carbonyl (C=O) groups excluding carboxylic acids is 2. The van der Waals surface area contributed by atoms with Gasteiger partial charge in [0, 0.05) is 17.1 Å². The van der Waals surface area contributed by atoms with Crippen LogP contribution in [0.5, 0.6) is 0 Å². The molecule has 2 heterocycles. The summed E-state index contributed by atoms with van der Waals surface area (Å²) in [7, 11) is 1.88. The summed E-state index contributed by atoms with van der Waals surface area (Å²) >= 11 is 7.09. The van der Waals surface area contributed by atoms with Gasteiger partial charge in [-0.15, -0.1) is 0 Å². The van der Waals surface area contributed by atoms with Crippen LogP contribution in [0.3, 0.4) is 0 Å². The number of carbonyl (C=O) groups is 2. The van der Waals surface area contributed by atoms with Crippen molar-refractivity contribution >= 4 is 49.5 Å². The molecule has 0 aromatic heterocycles. The Balaban J connectivity index is 2.47. The molecule has 2 unspecified atom stereocenters. The number of aliphatic imine (C=N–C) groups is 1. The fraction of sp³-hybridized carbons (Fsp3) is 0.562. The molecule has 24 heavy (non-hydrogen) atoms. The quantitative estimate of drug-likeness (QED) is 0.365. The van der Waals surface area contributed by atoms with Gasteiger partial charge in [-0.25, -0.2) is 9.79 Å². The van der Waals surface area contributed by atoms with Crippen LogP contribution in [-0.4, -0.2) is 47.3 Å². The number of hydrogen-bond acceptors (Lipinski definition) is 6. The van der Waals surface area contributed by atoms with Crippen LogP contribution in [0.4, 0.5) is 0 Å². The van der Waals surface area contributed by atoms with E-state index in [1.165, 1.54) is 0 Å². The lowest BCUT2D eigenvalue weighted by Crippen LogP contribution is -2.40. The van der Waals surface area contributed by atoms with E-state index in [1.807, 2.05) is 11.9 Å². The van der Waals surface area contributed by atoms with Crippen LogP contribution >= 0.6 is 31.9 Å². The van der Waals surface area contributed by atoms with Crippen molar-refractivity contribution < 1.29 is 19.1 Å². The van der Waals surface area contributed by atoms with E-state index in [4.69, 9.17) is 9.47 Å². The predicted octanol–water partition coefficient (Wildman–Crippen LogP) is 3.12. The Morgan fingerprint density at radius 3 is 2.54 bits per heavy atom. The highest BCUT2D eigenvalue weighted by Crippen LogP contribution is 2.43. The van der Waals surface area contributed by atoms with Crippen molar-refractivity contribution in [1.29, 1.82) is 0 Å². The number of fused-ring (bicyclic) bond motifs is 1. The average Bonchev–Trinajstić information content (AvgIpc) is 2.71. The number of rotatable bonds is 3. The molecule has 8 heteroatoms. The SMILES string of the molecule is CCOC(=O)C1=NC=C2C(=C(Br)C(Br)N2C)C1OC(=O)C(C)(C)C. The summed E-state index contributed by atoms with van der Waals surface area (Å²) in [5, 5.41) is 0. The number of alkyl halides is 1. The lowest BCUT2D eigenvalue weighted by molar-refractivity contribution is -0.154. The highest BCUT2D eigenvalue weighted by atomic mass is 79.9. The first-order chi connectivity index (χ1) is 11.1. The van der Waals surface area contributed by atoms with Gasteiger partial charge >= 0.3 is 11.9 Å². The number of ether oxygens (including phenoxy) is 2. The molecule has 2 aliphatic rings. The van der Waals surface area contributed by atoms with Gasteiger partial charge in [-0.3, -0.25) is 4.79 Å². The van der Waals surface area contributed by atoms with Crippen molar-refractivity contribution in [3.63, 3.8) is 0 Å². The minimum Gasteiger partial charge on any atom is -0.461 e. The molecular formula is C16H20Br2N2O4. The summed E-state index contributed by atoms with van der Waals surface area (Å²) in [6.45, 7) is 7.20. The minimum absolute atomic E-state index is 0.0696. The average molecular weight is 464 g/mol. The molecule has 0 aliphatic carbocycles. The van der Waals surface area contributed by atoms with Crippen molar-refractivity contribution in [2.45, 2.75) is 38.8 Å². The first kappa shape index (κ1) is 19.2. The van der Waals surface area contributed by atoms with Gasteiger partial charge in [-0.1, -0.05) is 31.9 Å². The number of nitrogens with zero attached hydrogens (tertiary/aromatic N) is 2. The zero-order valence-electron chi connectivity index (χ0n) is 14.2. The van der Waals surface area contributed by atoms with Gasteiger partial charge in [0.05, 0.1) is 23.9 Å². The molecule has 0 aromatic rings. The largest absolute Gasteiger partial charge is 0.461 e. The monoisotopic (exact) mass is 462 g/mol. The van der Waals surface area contributed by atoms with Gasteiger partial charge in [0.2, 0.25) is 0 Å². The summed E-state index contributed by atoms with van der Waals surface area (Å²) in [6, 6.07) is 0. The molecule has 2 aliphatic heterocycles. The van der Waals surface area contributed by atoms with Crippen LogP contribution in [0.1, 0.15) is 27.7 Å². The number of likely N-dealkylation sites (N-methyl/N-ethyl adjacent to an activating group) is 1. The Hall–Kier alpha value is -1.15. The van der Waals surface area contributed by atoms with Gasteiger partial charge < -0.3 is 14.4 Å². The fourth-order valence-corrected chi connectivity index (χ4v) is 3.44. The summed E-state index contributed by atoms with van der Waals surface area (Å²) in [5.41, 5.74) is 0.852. The summed E-state index contributed by atoms with van der Waals surface area (Å²) in [6.07, 6.45) is 0.682. The smallest absolute Gasteiger partial charge is 0.356 e. The molecular weight excluding hydrogens is 444 g/mol. The molecule has 0 bridgehead atoms. The summed E-state index contributed by atoms with van der Waals surface area (Å²) < 4.78 is 11.5. The van der Waals surface area contributed by atoms with Crippen molar-refractivity contribution in [2.75, 3.05) is 13.7 Å². The Bertz CT molecular complexity index is 661. The Morgan fingerprint density at radius 1 is 1.38 bits per heavy atom. The molecule has 0 aromatic carbocycles.